The first-order chi connectivity index (χ1) is 9.00. The van der Waals surface area contributed by atoms with Gasteiger partial charge in [0.25, 0.3) is 5.91 Å². The largest absolute Gasteiger partial charge is 0.388 e. The lowest BCUT2D eigenvalue weighted by atomic mass is 9.94. The van der Waals surface area contributed by atoms with Crippen LogP contribution in [0.25, 0.3) is 0 Å². The minimum absolute atomic E-state index is 0.0356. The van der Waals surface area contributed by atoms with Crippen LogP contribution < -0.4 is 0 Å². The van der Waals surface area contributed by atoms with E-state index in [9.17, 15) is 9.90 Å². The zero-order valence-corrected chi connectivity index (χ0v) is 11.6. The molecule has 1 fully saturated rings. The van der Waals surface area contributed by atoms with E-state index in [0.717, 1.165) is 12.8 Å². The van der Waals surface area contributed by atoms with Crippen molar-refractivity contribution >= 4 is 5.91 Å². The number of nitrogens with one attached hydrogen (secondary N) is 1. The third-order valence-corrected chi connectivity index (χ3v) is 3.55. The molecule has 1 atom stereocenters. The van der Waals surface area contributed by atoms with Crippen LogP contribution in [0.4, 0.5) is 0 Å². The molecule has 2 rings (SSSR count). The molecule has 2 heterocycles. The van der Waals surface area contributed by atoms with E-state index < -0.39 is 5.60 Å². The van der Waals surface area contributed by atoms with Crippen LogP contribution in [0, 0.1) is 0 Å². The van der Waals surface area contributed by atoms with E-state index in [1.807, 2.05) is 19.0 Å². The number of H-pyrrole nitrogens is 1. The molecule has 1 aliphatic heterocycles. The summed E-state index contributed by atoms with van der Waals surface area (Å²) in [5.41, 5.74) is -0.176. The second kappa shape index (κ2) is 5.71. The third kappa shape index (κ3) is 3.54. The molecule has 1 aromatic heterocycles. The first-order valence-corrected chi connectivity index (χ1v) is 6.66. The molecule has 6 nitrogen and oxygen atoms in total. The SMILES string of the molecule is CN(C)C[C@@]1(O)CCCN(C(=O)c2ccn[nH]2)CC1. The predicted octanol–water partition coefficient (Wildman–Crippen LogP) is 0.328. The van der Waals surface area contributed by atoms with Gasteiger partial charge in [0.05, 0.1) is 5.60 Å². The number of hydrogen-bond donors (Lipinski definition) is 2. The summed E-state index contributed by atoms with van der Waals surface area (Å²) in [6.07, 6.45) is 3.75. The van der Waals surface area contributed by atoms with Gasteiger partial charge in [-0.15, -0.1) is 0 Å². The van der Waals surface area contributed by atoms with Crippen molar-refractivity contribution in [3.8, 4) is 0 Å². The fourth-order valence-electron chi connectivity index (χ4n) is 2.67. The molecule has 0 bridgehead atoms. The van der Waals surface area contributed by atoms with Crippen molar-refractivity contribution in [1.29, 1.82) is 0 Å². The number of amides is 1. The van der Waals surface area contributed by atoms with Crippen LogP contribution in [0.2, 0.25) is 0 Å². The summed E-state index contributed by atoms with van der Waals surface area (Å²) < 4.78 is 0. The minimum Gasteiger partial charge on any atom is -0.388 e. The molecule has 0 aliphatic carbocycles. The van der Waals surface area contributed by atoms with Crippen LogP contribution in [-0.2, 0) is 0 Å². The van der Waals surface area contributed by atoms with Crippen LogP contribution in [0.3, 0.4) is 0 Å². The Morgan fingerprint density at radius 1 is 1.53 bits per heavy atom. The molecule has 6 heteroatoms. The Kier molecular flexibility index (Phi) is 4.21. The first kappa shape index (κ1) is 14.0. The van der Waals surface area contributed by atoms with Gasteiger partial charge in [-0.1, -0.05) is 0 Å². The van der Waals surface area contributed by atoms with Crippen molar-refractivity contribution in [2.45, 2.75) is 24.9 Å². The highest BCUT2D eigenvalue weighted by atomic mass is 16.3. The molecule has 0 saturated carbocycles. The molecule has 0 radical (unpaired) electrons. The molecule has 1 saturated heterocycles. The molecular formula is C13H22N4O2. The van der Waals surface area contributed by atoms with Gasteiger partial charge in [-0.25, -0.2) is 0 Å². The lowest BCUT2D eigenvalue weighted by Gasteiger charge is -2.29. The predicted molar refractivity (Wildman–Crippen MR) is 71.8 cm³/mol. The Bertz CT molecular complexity index is 418. The number of likely N-dealkylation sites (tertiary alicyclic amines) is 1. The lowest BCUT2D eigenvalue weighted by molar-refractivity contribution is 0.00303. The van der Waals surface area contributed by atoms with Gasteiger partial charge < -0.3 is 14.9 Å². The Balaban J connectivity index is 1.98. The summed E-state index contributed by atoms with van der Waals surface area (Å²) in [6.45, 7) is 1.91. The van der Waals surface area contributed by atoms with Gasteiger partial charge in [0.2, 0.25) is 0 Å². The Morgan fingerprint density at radius 2 is 2.32 bits per heavy atom. The number of aliphatic hydroxyl groups is 1. The van der Waals surface area contributed by atoms with Gasteiger partial charge >= 0.3 is 0 Å². The summed E-state index contributed by atoms with van der Waals surface area (Å²) >= 11 is 0. The highest BCUT2D eigenvalue weighted by Gasteiger charge is 2.32. The normalized spacial score (nSPS) is 24.5. The molecule has 1 aliphatic rings. The second-order valence-electron chi connectivity index (χ2n) is 5.58. The van der Waals surface area contributed by atoms with Crippen molar-refractivity contribution in [2.24, 2.45) is 0 Å². The van der Waals surface area contributed by atoms with Crippen molar-refractivity contribution in [3.05, 3.63) is 18.0 Å². The fourth-order valence-corrected chi connectivity index (χ4v) is 2.67. The maximum Gasteiger partial charge on any atom is 0.271 e. The summed E-state index contributed by atoms with van der Waals surface area (Å²) in [7, 11) is 3.91. The number of likely N-dealkylation sites (N-methyl/N-ethyl adjacent to an activating group) is 1. The number of aromatic amines is 1. The van der Waals surface area contributed by atoms with E-state index in [1.54, 1.807) is 17.2 Å². The van der Waals surface area contributed by atoms with Crippen LogP contribution in [-0.4, -0.2) is 70.3 Å². The molecule has 0 spiro atoms. The van der Waals surface area contributed by atoms with Crippen molar-refractivity contribution < 1.29 is 9.90 Å². The van der Waals surface area contributed by atoms with Gasteiger partial charge in [-0.3, -0.25) is 9.89 Å². The molecule has 0 aromatic carbocycles. The van der Waals surface area contributed by atoms with E-state index in [4.69, 9.17) is 0 Å². The second-order valence-corrected chi connectivity index (χ2v) is 5.58. The Morgan fingerprint density at radius 3 is 2.95 bits per heavy atom. The lowest BCUT2D eigenvalue weighted by Crippen LogP contribution is -2.41. The zero-order chi connectivity index (χ0) is 13.9. The van der Waals surface area contributed by atoms with Gasteiger partial charge in [-0.05, 0) is 39.4 Å². The van der Waals surface area contributed by atoms with E-state index in [2.05, 4.69) is 10.2 Å². The summed E-state index contributed by atoms with van der Waals surface area (Å²) in [5, 5.41) is 17.0. The number of carbonyl (C=O) groups excluding carboxylic acids is 1. The topological polar surface area (TPSA) is 72.5 Å². The van der Waals surface area contributed by atoms with E-state index in [-0.39, 0.29) is 5.91 Å². The van der Waals surface area contributed by atoms with Crippen LogP contribution in [0.15, 0.2) is 12.3 Å². The average Bonchev–Trinajstić information content (AvgIpc) is 2.79. The number of nitrogens with zero attached hydrogens (tertiary/aromatic N) is 3. The highest BCUT2D eigenvalue weighted by Crippen LogP contribution is 2.23. The molecule has 0 unspecified atom stereocenters. The third-order valence-electron chi connectivity index (χ3n) is 3.55. The quantitative estimate of drug-likeness (QED) is 0.827. The van der Waals surface area contributed by atoms with Crippen LogP contribution >= 0.6 is 0 Å². The Labute approximate surface area is 113 Å². The molecule has 106 valence electrons. The van der Waals surface area contributed by atoms with Gasteiger partial charge in [0.15, 0.2) is 0 Å². The van der Waals surface area contributed by atoms with E-state index >= 15 is 0 Å². The molecule has 1 amide bonds. The summed E-state index contributed by atoms with van der Waals surface area (Å²) in [6, 6.07) is 1.68. The molecule has 19 heavy (non-hydrogen) atoms. The molecular weight excluding hydrogens is 244 g/mol. The smallest absolute Gasteiger partial charge is 0.271 e. The number of aromatic nitrogens is 2. The van der Waals surface area contributed by atoms with Gasteiger partial charge in [0.1, 0.15) is 5.69 Å². The summed E-state index contributed by atoms with van der Waals surface area (Å²) in [5.74, 6) is -0.0356. The maximum absolute atomic E-state index is 12.2. The zero-order valence-electron chi connectivity index (χ0n) is 11.6. The van der Waals surface area contributed by atoms with Crippen LogP contribution in [0.1, 0.15) is 29.8 Å². The molecule has 2 N–H and O–H groups in total. The summed E-state index contributed by atoms with van der Waals surface area (Å²) in [4.78, 5) is 16.0. The standard InChI is InChI=1S/C13H22N4O2/c1-16(2)10-13(19)5-3-8-17(9-6-13)12(18)11-4-7-14-15-11/h4,7,19H,3,5-6,8-10H2,1-2H3,(H,14,15)/t13-/m1/s1. The molecule has 1 aromatic rings. The van der Waals surface area contributed by atoms with E-state index in [0.29, 0.717) is 31.7 Å². The average molecular weight is 266 g/mol. The number of rotatable bonds is 3. The first-order valence-electron chi connectivity index (χ1n) is 6.66. The number of carbonyl (C=O) groups is 1. The van der Waals surface area contributed by atoms with Crippen molar-refractivity contribution in [3.63, 3.8) is 0 Å². The Hall–Kier alpha value is -1.40. The monoisotopic (exact) mass is 266 g/mol. The van der Waals surface area contributed by atoms with Crippen molar-refractivity contribution in [1.82, 2.24) is 20.0 Å². The number of hydrogen-bond acceptors (Lipinski definition) is 4. The van der Waals surface area contributed by atoms with Crippen molar-refractivity contribution in [2.75, 3.05) is 33.7 Å². The fraction of sp³-hybridized carbons (Fsp3) is 0.692. The highest BCUT2D eigenvalue weighted by molar-refractivity contribution is 5.92. The van der Waals surface area contributed by atoms with Gasteiger partial charge in [0, 0.05) is 25.8 Å². The van der Waals surface area contributed by atoms with E-state index in [1.165, 1.54) is 0 Å². The van der Waals surface area contributed by atoms with Gasteiger partial charge in [-0.2, -0.15) is 5.10 Å². The minimum atomic E-state index is -0.688. The maximum atomic E-state index is 12.2. The van der Waals surface area contributed by atoms with Crippen LogP contribution in [0.5, 0.6) is 0 Å².